The Bertz CT molecular complexity index is 671. The summed E-state index contributed by atoms with van der Waals surface area (Å²) < 4.78 is 18.0. The summed E-state index contributed by atoms with van der Waals surface area (Å²) in [7, 11) is 0. The molecule has 134 valence electrons. The molecule has 0 bridgehead atoms. The zero-order chi connectivity index (χ0) is 17.5. The van der Waals surface area contributed by atoms with Gasteiger partial charge in [0.25, 0.3) is 0 Å². The maximum atomic E-state index is 6.37. The Morgan fingerprint density at radius 2 is 2.08 bits per heavy atom. The van der Waals surface area contributed by atoms with Crippen molar-refractivity contribution in [2.45, 2.75) is 32.5 Å². The minimum absolute atomic E-state index is 0.0944. The number of aryl methyl sites for hydroxylation is 1. The van der Waals surface area contributed by atoms with E-state index in [0.29, 0.717) is 19.0 Å². The van der Waals surface area contributed by atoms with Crippen molar-refractivity contribution in [2.75, 3.05) is 26.3 Å². The lowest BCUT2D eigenvalue weighted by atomic mass is 10.1. The van der Waals surface area contributed by atoms with Crippen LogP contribution in [0.4, 0.5) is 0 Å². The van der Waals surface area contributed by atoms with Gasteiger partial charge in [0.2, 0.25) is 0 Å². The van der Waals surface area contributed by atoms with Crippen LogP contribution in [0.2, 0.25) is 0 Å². The van der Waals surface area contributed by atoms with Gasteiger partial charge < -0.3 is 19.5 Å². The van der Waals surface area contributed by atoms with Gasteiger partial charge in [-0.15, -0.1) is 0 Å². The summed E-state index contributed by atoms with van der Waals surface area (Å²) in [5.74, 6) is 1.46. The number of para-hydroxylation sites is 2. The minimum Gasteiger partial charge on any atom is -0.490 e. The third-order valence-electron chi connectivity index (χ3n) is 4.24. The summed E-state index contributed by atoms with van der Waals surface area (Å²) in [6, 6.07) is 11.9. The van der Waals surface area contributed by atoms with Gasteiger partial charge in [0.05, 0.1) is 18.9 Å². The average Bonchev–Trinajstić information content (AvgIpc) is 2.68. The van der Waals surface area contributed by atoms with Gasteiger partial charge in [-0.05, 0) is 43.2 Å². The SMILES string of the molecule is CCOc1ccccc1O[C@@H](c1cc(CC)ccn1)[C@@H]1CNCCO1. The van der Waals surface area contributed by atoms with E-state index in [1.165, 1.54) is 5.56 Å². The molecule has 1 fully saturated rings. The Kier molecular flexibility index (Phi) is 6.25. The molecule has 0 aliphatic carbocycles. The van der Waals surface area contributed by atoms with Crippen molar-refractivity contribution in [3.05, 3.63) is 53.9 Å². The molecule has 0 amide bonds. The van der Waals surface area contributed by atoms with E-state index < -0.39 is 0 Å². The second kappa shape index (κ2) is 8.83. The Morgan fingerprint density at radius 3 is 2.80 bits per heavy atom. The van der Waals surface area contributed by atoms with Gasteiger partial charge in [0.1, 0.15) is 6.10 Å². The van der Waals surface area contributed by atoms with Crippen molar-refractivity contribution < 1.29 is 14.2 Å². The summed E-state index contributed by atoms with van der Waals surface area (Å²) in [5, 5.41) is 3.38. The molecule has 0 saturated carbocycles. The van der Waals surface area contributed by atoms with Crippen LogP contribution in [-0.4, -0.2) is 37.4 Å². The summed E-state index contributed by atoms with van der Waals surface area (Å²) in [4.78, 5) is 4.56. The van der Waals surface area contributed by atoms with Crippen LogP contribution in [0.3, 0.4) is 0 Å². The number of benzene rings is 1. The van der Waals surface area contributed by atoms with Crippen LogP contribution in [0.5, 0.6) is 11.5 Å². The molecule has 1 saturated heterocycles. The maximum absolute atomic E-state index is 6.37. The molecule has 3 rings (SSSR count). The molecule has 1 aliphatic rings. The Balaban J connectivity index is 1.91. The largest absolute Gasteiger partial charge is 0.490 e. The average molecular weight is 342 g/mol. The number of aromatic nitrogens is 1. The molecule has 1 N–H and O–H groups in total. The van der Waals surface area contributed by atoms with Crippen LogP contribution >= 0.6 is 0 Å². The topological polar surface area (TPSA) is 52.6 Å². The highest BCUT2D eigenvalue weighted by Crippen LogP contribution is 2.33. The summed E-state index contributed by atoms with van der Waals surface area (Å²) in [5.41, 5.74) is 2.12. The first kappa shape index (κ1) is 17.7. The van der Waals surface area contributed by atoms with Gasteiger partial charge in [-0.3, -0.25) is 4.98 Å². The zero-order valence-corrected chi connectivity index (χ0v) is 14.9. The number of ether oxygens (including phenoxy) is 3. The van der Waals surface area contributed by atoms with Crippen LogP contribution in [0.25, 0.3) is 0 Å². The van der Waals surface area contributed by atoms with Crippen molar-refractivity contribution in [3.63, 3.8) is 0 Å². The lowest BCUT2D eigenvalue weighted by molar-refractivity contribution is -0.0453. The van der Waals surface area contributed by atoms with Gasteiger partial charge in [-0.2, -0.15) is 0 Å². The van der Waals surface area contributed by atoms with E-state index >= 15 is 0 Å². The van der Waals surface area contributed by atoms with Gasteiger partial charge in [0, 0.05) is 19.3 Å². The van der Waals surface area contributed by atoms with Gasteiger partial charge in [-0.1, -0.05) is 19.1 Å². The summed E-state index contributed by atoms with van der Waals surface area (Å²) in [6.07, 6.45) is 2.42. The van der Waals surface area contributed by atoms with Crippen molar-refractivity contribution >= 4 is 0 Å². The van der Waals surface area contributed by atoms with Crippen molar-refractivity contribution in [2.24, 2.45) is 0 Å². The quantitative estimate of drug-likeness (QED) is 0.838. The van der Waals surface area contributed by atoms with Crippen molar-refractivity contribution in [3.8, 4) is 11.5 Å². The molecule has 5 heteroatoms. The first-order valence-electron chi connectivity index (χ1n) is 8.97. The lowest BCUT2D eigenvalue weighted by Gasteiger charge is -2.31. The van der Waals surface area contributed by atoms with Crippen LogP contribution < -0.4 is 14.8 Å². The molecule has 1 aromatic carbocycles. The molecule has 2 aromatic rings. The molecule has 25 heavy (non-hydrogen) atoms. The van der Waals surface area contributed by atoms with Crippen LogP contribution in [-0.2, 0) is 11.2 Å². The van der Waals surface area contributed by atoms with Crippen molar-refractivity contribution in [1.82, 2.24) is 10.3 Å². The number of rotatable bonds is 7. The van der Waals surface area contributed by atoms with Gasteiger partial charge in [0.15, 0.2) is 17.6 Å². The number of nitrogens with zero attached hydrogens (tertiary/aromatic N) is 1. The Morgan fingerprint density at radius 1 is 1.24 bits per heavy atom. The predicted molar refractivity (Wildman–Crippen MR) is 97.2 cm³/mol. The highest BCUT2D eigenvalue weighted by atomic mass is 16.6. The lowest BCUT2D eigenvalue weighted by Crippen LogP contribution is -2.43. The smallest absolute Gasteiger partial charge is 0.168 e. The molecular weight excluding hydrogens is 316 g/mol. The maximum Gasteiger partial charge on any atom is 0.168 e. The van der Waals surface area contributed by atoms with E-state index in [-0.39, 0.29) is 12.2 Å². The minimum atomic E-state index is -0.291. The molecule has 1 aromatic heterocycles. The van der Waals surface area contributed by atoms with E-state index in [9.17, 15) is 0 Å². The highest BCUT2D eigenvalue weighted by Gasteiger charge is 2.30. The monoisotopic (exact) mass is 342 g/mol. The van der Waals surface area contributed by atoms with E-state index in [1.54, 1.807) is 0 Å². The predicted octanol–water partition coefficient (Wildman–Crippen LogP) is 3.15. The van der Waals surface area contributed by atoms with Crippen molar-refractivity contribution in [1.29, 1.82) is 0 Å². The summed E-state index contributed by atoms with van der Waals surface area (Å²) in [6.45, 7) is 6.97. The molecule has 2 heterocycles. The van der Waals surface area contributed by atoms with E-state index in [2.05, 4.69) is 23.3 Å². The first-order valence-corrected chi connectivity index (χ1v) is 8.97. The Labute approximate surface area is 149 Å². The van der Waals surface area contributed by atoms with E-state index in [1.807, 2.05) is 43.5 Å². The highest BCUT2D eigenvalue weighted by molar-refractivity contribution is 5.40. The summed E-state index contributed by atoms with van der Waals surface area (Å²) >= 11 is 0. The van der Waals surface area contributed by atoms with Crippen LogP contribution in [0, 0.1) is 0 Å². The molecule has 5 nitrogen and oxygen atoms in total. The second-order valence-electron chi connectivity index (χ2n) is 5.97. The third-order valence-corrected chi connectivity index (χ3v) is 4.24. The third kappa shape index (κ3) is 4.50. The first-order chi connectivity index (χ1) is 12.3. The molecule has 1 aliphatic heterocycles. The standard InChI is InChI=1S/C20H26N2O3/c1-3-15-9-10-22-16(13-15)20(19-14-21-11-12-24-19)25-18-8-6-5-7-17(18)23-4-2/h5-10,13,19-21H,3-4,11-12,14H2,1-2H3/t19-,20-/m0/s1. The van der Waals surface area contributed by atoms with E-state index in [0.717, 1.165) is 31.0 Å². The van der Waals surface area contributed by atoms with Crippen LogP contribution in [0.1, 0.15) is 31.2 Å². The molecule has 2 atom stereocenters. The fraction of sp³-hybridized carbons (Fsp3) is 0.450. The molecule has 0 spiro atoms. The number of hydrogen-bond donors (Lipinski definition) is 1. The van der Waals surface area contributed by atoms with Gasteiger partial charge in [-0.25, -0.2) is 0 Å². The van der Waals surface area contributed by atoms with Crippen LogP contribution in [0.15, 0.2) is 42.6 Å². The van der Waals surface area contributed by atoms with E-state index in [4.69, 9.17) is 14.2 Å². The molecule has 0 unspecified atom stereocenters. The second-order valence-corrected chi connectivity index (χ2v) is 5.97. The number of nitrogens with one attached hydrogen (secondary N) is 1. The Hall–Kier alpha value is -2.11. The molecular formula is C20H26N2O3. The number of morpholine rings is 1. The normalized spacial score (nSPS) is 18.6. The fourth-order valence-electron chi connectivity index (χ4n) is 2.94. The zero-order valence-electron chi connectivity index (χ0n) is 14.9. The molecule has 0 radical (unpaired) electrons. The number of hydrogen-bond acceptors (Lipinski definition) is 5. The number of pyridine rings is 1. The fourth-order valence-corrected chi connectivity index (χ4v) is 2.94. The van der Waals surface area contributed by atoms with Gasteiger partial charge >= 0.3 is 0 Å².